The second-order valence-corrected chi connectivity index (χ2v) is 8.10. The molecule has 3 aromatic rings. The number of hydrogen-bond acceptors (Lipinski definition) is 0. The van der Waals surface area contributed by atoms with Crippen molar-refractivity contribution in [2.24, 2.45) is 0 Å². The van der Waals surface area contributed by atoms with Crippen molar-refractivity contribution in [2.75, 3.05) is 0 Å². The summed E-state index contributed by atoms with van der Waals surface area (Å²) < 4.78 is 0. The maximum atomic E-state index is 2.42. The van der Waals surface area contributed by atoms with Crippen molar-refractivity contribution in [1.82, 2.24) is 0 Å². The van der Waals surface area contributed by atoms with Crippen LogP contribution < -0.4 is 0 Å². The monoisotopic (exact) mass is 288 g/mol. The molecule has 0 N–H and O–H groups in total. The van der Waals surface area contributed by atoms with Crippen LogP contribution in [0.2, 0.25) is 0 Å². The summed E-state index contributed by atoms with van der Waals surface area (Å²) in [6, 6.07) is 30.5. The molecular weight excluding hydrogens is 272 g/mol. The Kier molecular flexibility index (Phi) is 2.94. The van der Waals surface area contributed by atoms with Gasteiger partial charge in [-0.05, 0) is 47.4 Å². The molecule has 0 bridgehead atoms. The van der Waals surface area contributed by atoms with Crippen LogP contribution in [0.25, 0.3) is 6.08 Å². The van der Waals surface area contributed by atoms with E-state index >= 15 is 0 Å². The molecule has 0 spiro atoms. The Hall–Kier alpha value is -2.25. The Balaban J connectivity index is 2.05. The van der Waals surface area contributed by atoms with Gasteiger partial charge in [-0.15, -0.1) is 10.0 Å². The molecule has 0 fully saturated rings. The lowest BCUT2D eigenvalue weighted by Gasteiger charge is -2.36. The highest BCUT2D eigenvalue weighted by Crippen LogP contribution is 2.72. The summed E-state index contributed by atoms with van der Waals surface area (Å²) in [5.41, 5.74) is 1.35. The number of rotatable bonds is 2. The summed E-state index contributed by atoms with van der Waals surface area (Å²) in [6.07, 6.45) is 2.28. The zero-order valence-corrected chi connectivity index (χ0v) is 12.5. The molecule has 4 rings (SSSR count). The van der Waals surface area contributed by atoms with Crippen LogP contribution in [0.3, 0.4) is 0 Å². The van der Waals surface area contributed by atoms with Crippen molar-refractivity contribution >= 4 is 16.1 Å². The molecule has 3 aromatic carbocycles. The van der Waals surface area contributed by atoms with Crippen molar-refractivity contribution in [3.63, 3.8) is 0 Å². The Labute approximate surface area is 127 Å². The topological polar surface area (TPSA) is 0 Å². The number of hydrogen-bond donors (Lipinski definition) is 0. The van der Waals surface area contributed by atoms with E-state index in [1.807, 2.05) is 0 Å². The molecule has 102 valence electrons. The van der Waals surface area contributed by atoms with Gasteiger partial charge in [0.1, 0.15) is 0 Å². The first-order chi connectivity index (χ1) is 10.4. The predicted octanol–water partition coefficient (Wildman–Crippen LogP) is 5.95. The van der Waals surface area contributed by atoms with Crippen LogP contribution in [0.1, 0.15) is 5.56 Å². The van der Waals surface area contributed by atoms with Gasteiger partial charge in [0, 0.05) is 14.7 Å². The number of fused-ring (bicyclic) bond motifs is 1. The molecule has 1 aliphatic rings. The summed E-state index contributed by atoms with van der Waals surface area (Å²) in [5.74, 6) is 0. The average molecular weight is 288 g/mol. The molecule has 0 aromatic heterocycles. The minimum atomic E-state index is -1.26. The van der Waals surface area contributed by atoms with Crippen molar-refractivity contribution in [1.29, 1.82) is 0 Å². The minimum Gasteiger partial charge on any atom is -0.139 e. The third-order valence-corrected chi connectivity index (χ3v) is 7.59. The van der Waals surface area contributed by atoms with E-state index in [0.29, 0.717) is 0 Å². The smallest absolute Gasteiger partial charge is 0.00902 e. The van der Waals surface area contributed by atoms with Gasteiger partial charge in [-0.3, -0.25) is 0 Å². The lowest BCUT2D eigenvalue weighted by Crippen LogP contribution is -1.98. The van der Waals surface area contributed by atoms with Crippen molar-refractivity contribution in [3.05, 3.63) is 95.9 Å². The third-order valence-electron chi connectivity index (χ3n) is 3.95. The van der Waals surface area contributed by atoms with Crippen LogP contribution in [0.15, 0.2) is 105 Å². The molecule has 0 unspecified atom stereocenters. The molecule has 1 heterocycles. The molecule has 1 heteroatoms. The zero-order chi connectivity index (χ0) is 14.1. The second-order valence-electron chi connectivity index (χ2n) is 5.13. The van der Waals surface area contributed by atoms with Gasteiger partial charge in [-0.2, -0.15) is 0 Å². The lowest BCUT2D eigenvalue weighted by molar-refractivity contribution is 1.31. The first-order valence-electron chi connectivity index (χ1n) is 7.12. The molecular formula is C20H16S. The van der Waals surface area contributed by atoms with Crippen LogP contribution in [-0.2, 0) is 0 Å². The summed E-state index contributed by atoms with van der Waals surface area (Å²) in [5, 5.41) is 2.42. The van der Waals surface area contributed by atoms with Gasteiger partial charge >= 0.3 is 0 Å². The summed E-state index contributed by atoms with van der Waals surface area (Å²) in [7, 11) is -1.26. The van der Waals surface area contributed by atoms with Crippen molar-refractivity contribution in [3.8, 4) is 0 Å². The van der Waals surface area contributed by atoms with E-state index < -0.39 is 10.0 Å². The van der Waals surface area contributed by atoms with Gasteiger partial charge in [0.25, 0.3) is 0 Å². The maximum Gasteiger partial charge on any atom is 0.00902 e. The maximum absolute atomic E-state index is 2.42. The van der Waals surface area contributed by atoms with E-state index in [-0.39, 0.29) is 0 Å². The van der Waals surface area contributed by atoms with Gasteiger partial charge in [-0.25, -0.2) is 0 Å². The Morgan fingerprint density at radius 3 is 1.67 bits per heavy atom. The van der Waals surface area contributed by atoms with E-state index in [2.05, 4.69) is 96.4 Å². The molecule has 21 heavy (non-hydrogen) atoms. The third kappa shape index (κ3) is 1.85. The first-order valence-corrected chi connectivity index (χ1v) is 8.81. The Morgan fingerprint density at radius 2 is 1.05 bits per heavy atom. The predicted molar refractivity (Wildman–Crippen MR) is 90.7 cm³/mol. The molecule has 1 aliphatic heterocycles. The van der Waals surface area contributed by atoms with Crippen LogP contribution in [0.5, 0.6) is 0 Å². The molecule has 0 aliphatic carbocycles. The fourth-order valence-corrected chi connectivity index (χ4v) is 6.54. The highest BCUT2D eigenvalue weighted by Gasteiger charge is 2.32. The average Bonchev–Trinajstić information content (AvgIpc) is 2.97. The molecule has 0 nitrogen and oxygen atoms in total. The highest BCUT2D eigenvalue weighted by molar-refractivity contribution is 8.36. The Bertz CT molecular complexity index is 749. The SMILES string of the molecule is C1=CS(c2ccccc2)(c2ccccc2)c2ccccc21. The van der Waals surface area contributed by atoms with Crippen LogP contribution in [0.4, 0.5) is 0 Å². The van der Waals surface area contributed by atoms with Gasteiger partial charge in [0.05, 0.1) is 0 Å². The van der Waals surface area contributed by atoms with Crippen LogP contribution >= 0.6 is 10.0 Å². The van der Waals surface area contributed by atoms with Gasteiger partial charge in [0.15, 0.2) is 0 Å². The normalized spacial score (nSPS) is 16.4. The fourth-order valence-electron chi connectivity index (χ4n) is 2.98. The summed E-state index contributed by atoms with van der Waals surface area (Å²) in [6.45, 7) is 0. The van der Waals surface area contributed by atoms with E-state index in [1.54, 1.807) is 0 Å². The molecule has 0 amide bonds. The van der Waals surface area contributed by atoms with Crippen LogP contribution in [-0.4, -0.2) is 0 Å². The fraction of sp³-hybridized carbons (Fsp3) is 0. The zero-order valence-electron chi connectivity index (χ0n) is 11.6. The number of benzene rings is 3. The van der Waals surface area contributed by atoms with E-state index in [1.165, 1.54) is 20.2 Å². The highest BCUT2D eigenvalue weighted by atomic mass is 32.3. The van der Waals surface area contributed by atoms with E-state index in [0.717, 1.165) is 0 Å². The molecule has 0 saturated heterocycles. The van der Waals surface area contributed by atoms with Crippen LogP contribution in [0, 0.1) is 0 Å². The Morgan fingerprint density at radius 1 is 0.524 bits per heavy atom. The van der Waals surface area contributed by atoms with Gasteiger partial charge in [0.2, 0.25) is 0 Å². The summed E-state index contributed by atoms with van der Waals surface area (Å²) in [4.78, 5) is 4.25. The van der Waals surface area contributed by atoms with E-state index in [4.69, 9.17) is 0 Å². The van der Waals surface area contributed by atoms with Crippen molar-refractivity contribution < 1.29 is 0 Å². The quantitative estimate of drug-likeness (QED) is 0.546. The summed E-state index contributed by atoms with van der Waals surface area (Å²) >= 11 is 0. The second kappa shape index (κ2) is 4.94. The molecule has 0 atom stereocenters. The molecule has 0 radical (unpaired) electrons. The lowest BCUT2D eigenvalue weighted by atomic mass is 10.2. The van der Waals surface area contributed by atoms with Gasteiger partial charge in [-0.1, -0.05) is 54.6 Å². The van der Waals surface area contributed by atoms with E-state index in [9.17, 15) is 0 Å². The molecule has 0 saturated carbocycles. The van der Waals surface area contributed by atoms with Crippen molar-refractivity contribution in [2.45, 2.75) is 14.7 Å². The minimum absolute atomic E-state index is 1.26. The van der Waals surface area contributed by atoms with Gasteiger partial charge < -0.3 is 0 Å². The largest absolute Gasteiger partial charge is 0.139 e. The first kappa shape index (κ1) is 12.5. The standard InChI is InChI=1S/C20H16S/c1-3-10-18(11-4-1)21(19-12-5-2-6-13-19)16-15-17-9-7-8-14-20(17)21/h1-16H.